The number of hydroxylamine groups is 1. The van der Waals surface area contributed by atoms with Gasteiger partial charge in [-0.3, -0.25) is 14.3 Å². The molecule has 0 aliphatic carbocycles. The zero-order chi connectivity index (χ0) is 18.1. The van der Waals surface area contributed by atoms with Crippen LogP contribution in [0.5, 0.6) is 0 Å². The molecule has 0 atom stereocenters. The molecule has 0 radical (unpaired) electrons. The van der Waals surface area contributed by atoms with Crippen LogP contribution >= 0.6 is 0 Å². The molecule has 0 saturated carbocycles. The Morgan fingerprint density at radius 3 is 2.04 bits per heavy atom. The first-order valence-electron chi connectivity index (χ1n) is 7.16. The zero-order valence-corrected chi connectivity index (χ0v) is 18.1. The van der Waals surface area contributed by atoms with Crippen LogP contribution in [0, 0.1) is 19.9 Å². The summed E-state index contributed by atoms with van der Waals surface area (Å²) in [5.74, 6) is -0.991. The first-order valence-corrected chi connectivity index (χ1v) is 8.60. The van der Waals surface area contributed by atoms with Gasteiger partial charge >= 0.3 is 32.7 Å². The number of rotatable bonds is 6. The number of benzene rings is 1. The van der Waals surface area contributed by atoms with Crippen LogP contribution in [0.4, 0.5) is 0 Å². The fraction of sp³-hybridized carbons (Fsp3) is 0.438. The number of amides is 1. The maximum absolute atomic E-state index is 11.9. The SMILES string of the molecule is CCc1cc[c-]cc1.[CH2-]CN(C[CH2-])S(=O)(=O)C(C)(C)C(=O)NO.[Y+3]. The standard InChI is InChI=1S/C8H16N2O4S.C8H9.Y/c1-5-10(6-2)15(13,14)8(3,4)7(11)9-12;1-2-8-6-4-3-5-7-8;/h12H,1-2,5-6H2,3-4H3,(H,9,11);4-7H,2H2,1H3;/q-2;-1;+3. The topological polar surface area (TPSA) is 86.7 Å². The number of nitrogens with one attached hydrogen (secondary N) is 1. The van der Waals surface area contributed by atoms with Gasteiger partial charge in [0.1, 0.15) is 0 Å². The second-order valence-electron chi connectivity index (χ2n) is 5.12. The minimum Gasteiger partial charge on any atom is -0.329 e. The van der Waals surface area contributed by atoms with Gasteiger partial charge < -0.3 is 13.8 Å². The second kappa shape index (κ2) is 12.1. The van der Waals surface area contributed by atoms with Gasteiger partial charge in [-0.05, 0) is 13.8 Å². The van der Waals surface area contributed by atoms with Crippen molar-refractivity contribution in [2.75, 3.05) is 13.1 Å². The third-order valence-electron chi connectivity index (χ3n) is 3.33. The van der Waals surface area contributed by atoms with E-state index in [-0.39, 0.29) is 45.8 Å². The molecule has 0 spiro atoms. The van der Waals surface area contributed by atoms with Gasteiger partial charge in [-0.1, -0.05) is 13.3 Å². The molecule has 1 aromatic rings. The Kier molecular flexibility index (Phi) is 13.0. The minimum absolute atomic E-state index is 0. The van der Waals surface area contributed by atoms with Crippen molar-refractivity contribution in [1.82, 2.24) is 9.79 Å². The Morgan fingerprint density at radius 2 is 1.75 bits per heavy atom. The molecule has 0 saturated heterocycles. The Morgan fingerprint density at radius 1 is 1.29 bits per heavy atom. The van der Waals surface area contributed by atoms with Crippen LogP contribution in [0.1, 0.15) is 26.3 Å². The third kappa shape index (κ3) is 6.88. The number of sulfonamides is 1. The van der Waals surface area contributed by atoms with Crippen molar-refractivity contribution in [1.29, 1.82) is 0 Å². The molecule has 8 heteroatoms. The van der Waals surface area contributed by atoms with Crippen molar-refractivity contribution in [2.45, 2.75) is 31.9 Å². The van der Waals surface area contributed by atoms with Crippen molar-refractivity contribution >= 4 is 15.9 Å². The van der Waals surface area contributed by atoms with E-state index < -0.39 is 20.7 Å². The van der Waals surface area contributed by atoms with Crippen LogP contribution in [-0.2, 0) is 53.9 Å². The van der Waals surface area contributed by atoms with E-state index in [1.807, 2.05) is 12.1 Å². The van der Waals surface area contributed by atoms with Crippen LogP contribution in [0.25, 0.3) is 0 Å². The quantitative estimate of drug-likeness (QED) is 0.408. The molecular formula is C16H25N2O4SY. The van der Waals surface area contributed by atoms with E-state index >= 15 is 0 Å². The normalized spacial score (nSPS) is 11.1. The van der Waals surface area contributed by atoms with E-state index in [1.54, 1.807) is 0 Å². The molecule has 0 heterocycles. The molecular weight excluding hydrogens is 405 g/mol. The molecule has 0 unspecified atom stereocenters. The summed E-state index contributed by atoms with van der Waals surface area (Å²) < 4.78 is 23.0. The number of nitrogens with zero attached hydrogens (tertiary/aromatic N) is 1. The molecule has 2 N–H and O–H groups in total. The average molecular weight is 430 g/mol. The van der Waals surface area contributed by atoms with E-state index in [1.165, 1.54) is 24.9 Å². The Hall–Kier alpha value is -0.336. The molecule has 1 aromatic carbocycles. The van der Waals surface area contributed by atoms with Crippen LogP contribution in [0.2, 0.25) is 0 Å². The van der Waals surface area contributed by atoms with Gasteiger partial charge in [0.15, 0.2) is 4.75 Å². The van der Waals surface area contributed by atoms with Crippen molar-refractivity contribution in [3.63, 3.8) is 0 Å². The largest absolute Gasteiger partial charge is 3.00 e. The van der Waals surface area contributed by atoms with Crippen molar-refractivity contribution < 1.29 is 51.1 Å². The van der Waals surface area contributed by atoms with Crippen molar-refractivity contribution in [3.8, 4) is 0 Å². The summed E-state index contributed by atoms with van der Waals surface area (Å²) in [6.07, 6.45) is 1.12. The fourth-order valence-electron chi connectivity index (χ4n) is 1.58. The molecule has 132 valence electrons. The summed E-state index contributed by atoms with van der Waals surface area (Å²) >= 11 is 0. The smallest absolute Gasteiger partial charge is 0.329 e. The number of hydrogen-bond donors (Lipinski definition) is 2. The van der Waals surface area contributed by atoms with E-state index in [0.29, 0.717) is 0 Å². The Balaban J connectivity index is 0. The second-order valence-corrected chi connectivity index (χ2v) is 7.60. The number of carbonyl (C=O) groups excluding carboxylic acids is 1. The number of hydrogen-bond acceptors (Lipinski definition) is 4. The maximum atomic E-state index is 11.9. The molecule has 0 fully saturated rings. The summed E-state index contributed by atoms with van der Waals surface area (Å²) in [7, 11) is -3.88. The van der Waals surface area contributed by atoms with Crippen molar-refractivity contribution in [3.05, 3.63) is 49.7 Å². The van der Waals surface area contributed by atoms with Crippen molar-refractivity contribution in [2.24, 2.45) is 0 Å². The predicted octanol–water partition coefficient (Wildman–Crippen LogP) is 1.62. The molecule has 6 nitrogen and oxygen atoms in total. The summed E-state index contributed by atoms with van der Waals surface area (Å²) in [6.45, 7) is 11.4. The fourth-order valence-corrected chi connectivity index (χ4v) is 2.99. The third-order valence-corrected chi connectivity index (χ3v) is 5.85. The summed E-state index contributed by atoms with van der Waals surface area (Å²) in [5.41, 5.74) is 2.71. The molecule has 0 aliphatic heterocycles. The van der Waals surface area contributed by atoms with Gasteiger partial charge in [0.2, 0.25) is 10.0 Å². The van der Waals surface area contributed by atoms with Crippen LogP contribution < -0.4 is 5.48 Å². The van der Waals surface area contributed by atoms with Crippen LogP contribution in [0.15, 0.2) is 24.3 Å². The van der Waals surface area contributed by atoms with Gasteiger partial charge in [0.05, 0.1) is 0 Å². The molecule has 0 aromatic heterocycles. The number of aryl methyl sites for hydroxylation is 1. The van der Waals surface area contributed by atoms with E-state index in [0.717, 1.165) is 10.7 Å². The maximum Gasteiger partial charge on any atom is 3.00 e. The molecule has 0 bridgehead atoms. The Bertz CT molecular complexity index is 573. The molecule has 1 rings (SSSR count). The van der Waals surface area contributed by atoms with Crippen LogP contribution in [0.3, 0.4) is 0 Å². The van der Waals surface area contributed by atoms with Gasteiger partial charge in [-0.2, -0.15) is 35.9 Å². The van der Waals surface area contributed by atoms with Gasteiger partial charge in [-0.25, -0.2) is 13.9 Å². The molecule has 1 amide bonds. The van der Waals surface area contributed by atoms with Gasteiger partial charge in [0.25, 0.3) is 5.91 Å². The zero-order valence-electron chi connectivity index (χ0n) is 14.4. The van der Waals surface area contributed by atoms with Crippen LogP contribution in [-0.4, -0.2) is 41.7 Å². The monoisotopic (exact) mass is 430 g/mol. The average Bonchev–Trinajstić information content (AvgIpc) is 2.56. The first kappa shape index (κ1) is 25.9. The first-order chi connectivity index (χ1) is 10.7. The van der Waals surface area contributed by atoms with Gasteiger partial charge in [-0.15, -0.1) is 13.1 Å². The predicted molar refractivity (Wildman–Crippen MR) is 89.9 cm³/mol. The number of carbonyl (C=O) groups is 1. The summed E-state index contributed by atoms with van der Waals surface area (Å²) in [4.78, 5) is 11.2. The van der Waals surface area contributed by atoms with Gasteiger partial charge in [0, 0.05) is 0 Å². The van der Waals surface area contributed by atoms with E-state index in [4.69, 9.17) is 5.21 Å². The molecule has 0 aliphatic rings. The minimum atomic E-state index is -3.88. The van der Waals surface area contributed by atoms with E-state index in [9.17, 15) is 13.2 Å². The summed E-state index contributed by atoms with van der Waals surface area (Å²) in [6, 6.07) is 11.0. The molecule has 24 heavy (non-hydrogen) atoms. The Labute approximate surface area is 170 Å². The van der Waals surface area contributed by atoms with E-state index in [2.05, 4.69) is 39.0 Å². The summed E-state index contributed by atoms with van der Waals surface area (Å²) in [5, 5.41) is 8.45.